The van der Waals surface area contributed by atoms with Gasteiger partial charge in [-0.15, -0.1) is 10.2 Å². The van der Waals surface area contributed by atoms with Crippen LogP contribution in [-0.4, -0.2) is 39.6 Å². The fraction of sp³-hybridized carbons (Fsp3) is 0.471. The minimum atomic E-state index is -0.351. The number of carbonyl (C=O) groups excluding carboxylic acids is 1. The molecule has 9 heteroatoms. The summed E-state index contributed by atoms with van der Waals surface area (Å²) in [5.74, 6) is -0.0670. The minimum absolute atomic E-state index is 0.0853. The fourth-order valence-electron chi connectivity index (χ4n) is 2.27. The zero-order chi connectivity index (χ0) is 19.1. The third-order valence-electron chi connectivity index (χ3n) is 3.61. The van der Waals surface area contributed by atoms with E-state index in [0.717, 1.165) is 13.0 Å². The van der Waals surface area contributed by atoms with Gasteiger partial charge in [-0.2, -0.15) is 0 Å². The van der Waals surface area contributed by atoms with Crippen LogP contribution >= 0.6 is 35.0 Å². The van der Waals surface area contributed by atoms with Gasteiger partial charge in [0.05, 0.1) is 16.0 Å². The molecule has 0 aliphatic carbocycles. The monoisotopic (exact) mass is 416 g/mol. The predicted octanol–water partition coefficient (Wildman–Crippen LogP) is 4.38. The van der Waals surface area contributed by atoms with Crippen molar-refractivity contribution < 1.29 is 9.53 Å². The summed E-state index contributed by atoms with van der Waals surface area (Å²) in [6.07, 6.45) is 2.51. The summed E-state index contributed by atoms with van der Waals surface area (Å²) in [5, 5.41) is 12.3. The summed E-state index contributed by atoms with van der Waals surface area (Å²) in [6.45, 7) is 5.37. The van der Waals surface area contributed by atoms with Crippen LogP contribution < -0.4 is 5.32 Å². The van der Waals surface area contributed by atoms with Gasteiger partial charge < -0.3 is 14.6 Å². The summed E-state index contributed by atoms with van der Waals surface area (Å²) in [5.41, 5.74) is 0.497. The van der Waals surface area contributed by atoms with Crippen molar-refractivity contribution in [3.63, 3.8) is 0 Å². The SMILES string of the molecule is COCCCn1cnnc1SC(C(=O)Nc1cc(Cl)ccc1Cl)C(C)C. The van der Waals surface area contributed by atoms with Gasteiger partial charge in [0.15, 0.2) is 5.16 Å². The van der Waals surface area contributed by atoms with Crippen molar-refractivity contribution in [2.75, 3.05) is 19.0 Å². The standard InChI is InChI=1S/C17H22Cl2N4O2S/c1-11(2)15(16(24)21-14-9-12(18)5-6-13(14)19)26-17-22-20-10-23(17)7-4-8-25-3/h5-6,9-11,15H,4,7-8H2,1-3H3,(H,21,24). The molecule has 2 aromatic rings. The Morgan fingerprint density at radius 2 is 2.15 bits per heavy atom. The molecular formula is C17H22Cl2N4O2S. The molecule has 1 amide bonds. The number of nitrogens with zero attached hydrogens (tertiary/aromatic N) is 3. The number of methoxy groups -OCH3 is 1. The Hall–Kier alpha value is -1.28. The maximum atomic E-state index is 12.8. The highest BCUT2D eigenvalue weighted by Crippen LogP contribution is 2.30. The average Bonchev–Trinajstić information content (AvgIpc) is 3.03. The Morgan fingerprint density at radius 1 is 1.38 bits per heavy atom. The highest BCUT2D eigenvalue weighted by Gasteiger charge is 2.26. The van der Waals surface area contributed by atoms with Gasteiger partial charge in [-0.05, 0) is 30.5 Å². The Bertz CT molecular complexity index is 739. The number of halogens is 2. The van der Waals surface area contributed by atoms with Crippen molar-refractivity contribution in [3.05, 3.63) is 34.6 Å². The summed E-state index contributed by atoms with van der Waals surface area (Å²) in [7, 11) is 1.67. The Balaban J connectivity index is 2.10. The summed E-state index contributed by atoms with van der Waals surface area (Å²) >= 11 is 13.5. The van der Waals surface area contributed by atoms with Crippen molar-refractivity contribution in [2.24, 2.45) is 5.92 Å². The molecule has 0 saturated heterocycles. The lowest BCUT2D eigenvalue weighted by atomic mass is 10.1. The van der Waals surface area contributed by atoms with Crippen LogP contribution in [0.2, 0.25) is 10.0 Å². The molecule has 0 spiro atoms. The van der Waals surface area contributed by atoms with E-state index in [2.05, 4.69) is 15.5 Å². The highest BCUT2D eigenvalue weighted by molar-refractivity contribution is 8.00. The second-order valence-electron chi connectivity index (χ2n) is 6.05. The topological polar surface area (TPSA) is 69.0 Å². The van der Waals surface area contributed by atoms with Crippen molar-refractivity contribution in [1.82, 2.24) is 14.8 Å². The van der Waals surface area contributed by atoms with Crippen LogP contribution in [-0.2, 0) is 16.1 Å². The molecule has 1 aromatic carbocycles. The van der Waals surface area contributed by atoms with Crippen molar-refractivity contribution in [1.29, 1.82) is 0 Å². The first-order valence-corrected chi connectivity index (χ1v) is 9.85. The number of ether oxygens (including phenoxy) is 1. The van der Waals surface area contributed by atoms with E-state index in [1.54, 1.807) is 31.6 Å². The molecule has 1 unspecified atom stereocenters. The van der Waals surface area contributed by atoms with Gasteiger partial charge in [-0.25, -0.2) is 0 Å². The number of carbonyl (C=O) groups is 1. The van der Waals surface area contributed by atoms with Gasteiger partial charge in [0.25, 0.3) is 0 Å². The van der Waals surface area contributed by atoms with Gasteiger partial charge in [-0.1, -0.05) is 48.8 Å². The number of hydrogen-bond acceptors (Lipinski definition) is 5. The molecule has 0 saturated carbocycles. The zero-order valence-electron chi connectivity index (χ0n) is 14.9. The second-order valence-corrected chi connectivity index (χ2v) is 8.00. The molecule has 26 heavy (non-hydrogen) atoms. The van der Waals surface area contributed by atoms with E-state index in [0.29, 0.717) is 27.5 Å². The number of nitrogens with one attached hydrogen (secondary N) is 1. The first-order valence-electron chi connectivity index (χ1n) is 8.21. The maximum Gasteiger partial charge on any atom is 0.238 e. The predicted molar refractivity (Wildman–Crippen MR) is 106 cm³/mol. The number of amides is 1. The Labute approximate surface area is 167 Å². The lowest BCUT2D eigenvalue weighted by molar-refractivity contribution is -0.116. The van der Waals surface area contributed by atoms with E-state index in [9.17, 15) is 4.79 Å². The molecule has 0 aliphatic rings. The fourth-order valence-corrected chi connectivity index (χ4v) is 3.64. The molecule has 6 nitrogen and oxygen atoms in total. The van der Waals surface area contributed by atoms with Crippen molar-refractivity contribution >= 4 is 46.6 Å². The van der Waals surface area contributed by atoms with Gasteiger partial charge >= 0.3 is 0 Å². The Kier molecular flexibility index (Phi) is 8.21. The molecule has 1 heterocycles. The zero-order valence-corrected chi connectivity index (χ0v) is 17.2. The largest absolute Gasteiger partial charge is 0.385 e. The molecule has 0 radical (unpaired) electrons. The highest BCUT2D eigenvalue weighted by atomic mass is 35.5. The first kappa shape index (κ1) is 21.0. The second kappa shape index (κ2) is 10.2. The van der Waals surface area contributed by atoms with Gasteiger partial charge in [0, 0.05) is 25.3 Å². The third-order valence-corrected chi connectivity index (χ3v) is 5.71. The summed E-state index contributed by atoms with van der Waals surface area (Å²) in [6, 6.07) is 4.97. The Morgan fingerprint density at radius 3 is 2.85 bits per heavy atom. The molecule has 0 bridgehead atoms. The number of benzene rings is 1. The number of hydrogen-bond donors (Lipinski definition) is 1. The van der Waals surface area contributed by atoms with E-state index in [-0.39, 0.29) is 17.1 Å². The van der Waals surface area contributed by atoms with Crippen LogP contribution in [0.15, 0.2) is 29.7 Å². The number of anilines is 1. The molecular weight excluding hydrogens is 395 g/mol. The van der Waals surface area contributed by atoms with Crippen LogP contribution in [0.1, 0.15) is 20.3 Å². The number of aromatic nitrogens is 3. The summed E-state index contributed by atoms with van der Waals surface area (Å²) in [4.78, 5) is 12.8. The number of aryl methyl sites for hydroxylation is 1. The molecule has 2 rings (SSSR count). The van der Waals surface area contributed by atoms with Crippen LogP contribution in [0.4, 0.5) is 5.69 Å². The maximum absolute atomic E-state index is 12.8. The van der Waals surface area contributed by atoms with Crippen LogP contribution in [0.5, 0.6) is 0 Å². The van der Waals surface area contributed by atoms with Crippen LogP contribution in [0, 0.1) is 5.92 Å². The van der Waals surface area contributed by atoms with Gasteiger partial charge in [-0.3, -0.25) is 4.79 Å². The normalized spacial score (nSPS) is 12.4. The van der Waals surface area contributed by atoms with Crippen LogP contribution in [0.3, 0.4) is 0 Å². The van der Waals surface area contributed by atoms with Gasteiger partial charge in [0.2, 0.25) is 5.91 Å². The molecule has 142 valence electrons. The van der Waals surface area contributed by atoms with E-state index >= 15 is 0 Å². The molecule has 1 aromatic heterocycles. The smallest absolute Gasteiger partial charge is 0.238 e. The molecule has 0 fully saturated rings. The van der Waals surface area contributed by atoms with Gasteiger partial charge in [0.1, 0.15) is 6.33 Å². The lowest BCUT2D eigenvalue weighted by Crippen LogP contribution is -2.30. The molecule has 1 atom stereocenters. The lowest BCUT2D eigenvalue weighted by Gasteiger charge is -2.20. The average molecular weight is 417 g/mol. The number of rotatable bonds is 9. The molecule has 1 N–H and O–H groups in total. The number of thioether (sulfide) groups is 1. The van der Waals surface area contributed by atoms with E-state index in [1.807, 2.05) is 18.4 Å². The minimum Gasteiger partial charge on any atom is -0.385 e. The van der Waals surface area contributed by atoms with Crippen molar-refractivity contribution in [3.8, 4) is 0 Å². The third kappa shape index (κ3) is 5.87. The first-order chi connectivity index (χ1) is 12.4. The summed E-state index contributed by atoms with van der Waals surface area (Å²) < 4.78 is 7.01. The van der Waals surface area contributed by atoms with Crippen LogP contribution in [0.25, 0.3) is 0 Å². The van der Waals surface area contributed by atoms with E-state index < -0.39 is 0 Å². The molecule has 0 aliphatic heterocycles. The van der Waals surface area contributed by atoms with E-state index in [4.69, 9.17) is 27.9 Å². The quantitative estimate of drug-likeness (QED) is 0.485. The van der Waals surface area contributed by atoms with Crippen molar-refractivity contribution in [2.45, 2.75) is 37.2 Å². The van der Waals surface area contributed by atoms with E-state index in [1.165, 1.54) is 11.8 Å².